The summed E-state index contributed by atoms with van der Waals surface area (Å²) in [4.78, 5) is 17.8. The maximum atomic E-state index is 11.8. The zero-order chi connectivity index (χ0) is 19.4. The van der Waals surface area contributed by atoms with Gasteiger partial charge < -0.3 is 20.1 Å². The van der Waals surface area contributed by atoms with Crippen LogP contribution in [0.3, 0.4) is 0 Å². The molecule has 1 heterocycles. The molecule has 0 aliphatic carbocycles. The number of rotatable bonds is 11. The Kier molecular flexibility index (Phi) is 13.9. The first-order valence-electron chi connectivity index (χ1n) is 9.59. The van der Waals surface area contributed by atoms with Crippen molar-refractivity contribution >= 4 is 35.8 Å². The molecule has 0 aliphatic rings. The number of unbranched alkanes of at least 4 members (excludes halogenated alkanes) is 2. The van der Waals surface area contributed by atoms with E-state index in [4.69, 9.17) is 0 Å². The number of nitrogens with one attached hydrogen (secondary N) is 2. The molecule has 0 aromatic carbocycles. The van der Waals surface area contributed by atoms with Gasteiger partial charge in [-0.15, -0.1) is 34.2 Å². The van der Waals surface area contributed by atoms with Gasteiger partial charge in [0.15, 0.2) is 5.96 Å². The van der Waals surface area contributed by atoms with Gasteiger partial charge in [0.1, 0.15) is 18.7 Å². The molecule has 0 saturated carbocycles. The maximum Gasteiger partial charge on any atom is 0.243 e. The molecular formula is C18H36IN7O. The van der Waals surface area contributed by atoms with Crippen molar-refractivity contribution in [3.8, 4) is 0 Å². The summed E-state index contributed by atoms with van der Waals surface area (Å²) in [5, 5.41) is 14.8. The second kappa shape index (κ2) is 14.6. The van der Waals surface area contributed by atoms with Gasteiger partial charge in [-0.2, -0.15) is 0 Å². The third-order valence-electron chi connectivity index (χ3n) is 4.15. The van der Waals surface area contributed by atoms with E-state index in [9.17, 15) is 4.79 Å². The van der Waals surface area contributed by atoms with Crippen molar-refractivity contribution in [2.45, 2.75) is 65.5 Å². The fraction of sp³-hybridized carbons (Fsp3) is 0.778. The molecule has 1 amide bonds. The van der Waals surface area contributed by atoms with Crippen molar-refractivity contribution in [2.24, 2.45) is 4.99 Å². The van der Waals surface area contributed by atoms with Crippen molar-refractivity contribution in [1.82, 2.24) is 30.3 Å². The zero-order valence-corrected chi connectivity index (χ0v) is 19.7. The average molecular weight is 493 g/mol. The lowest BCUT2D eigenvalue weighted by molar-refractivity contribution is -0.127. The Hall–Kier alpha value is -1.39. The van der Waals surface area contributed by atoms with E-state index in [1.807, 2.05) is 4.57 Å². The predicted molar refractivity (Wildman–Crippen MR) is 121 cm³/mol. The first-order valence-corrected chi connectivity index (χ1v) is 9.59. The Morgan fingerprint density at radius 2 is 2.07 bits per heavy atom. The summed E-state index contributed by atoms with van der Waals surface area (Å²) in [6.45, 7) is 7.99. The third-order valence-corrected chi connectivity index (χ3v) is 4.15. The van der Waals surface area contributed by atoms with Crippen LogP contribution in [-0.4, -0.2) is 64.8 Å². The summed E-state index contributed by atoms with van der Waals surface area (Å²) in [6, 6.07) is 0.309. The van der Waals surface area contributed by atoms with Crippen molar-refractivity contribution in [1.29, 1.82) is 0 Å². The minimum atomic E-state index is -0.0168. The van der Waals surface area contributed by atoms with E-state index < -0.39 is 0 Å². The number of aromatic nitrogens is 3. The minimum Gasteiger partial charge on any atom is -0.355 e. The molecule has 1 atom stereocenters. The molecule has 0 aliphatic heterocycles. The van der Waals surface area contributed by atoms with Crippen LogP contribution in [0, 0.1) is 0 Å². The Morgan fingerprint density at radius 3 is 2.70 bits per heavy atom. The summed E-state index contributed by atoms with van der Waals surface area (Å²) in [5.41, 5.74) is 0. The molecule has 9 heteroatoms. The Balaban J connectivity index is 0.00000676. The molecular weight excluding hydrogens is 457 g/mol. The Bertz CT molecular complexity index is 560. The molecule has 2 N–H and O–H groups in total. The van der Waals surface area contributed by atoms with Crippen LogP contribution in [0.2, 0.25) is 0 Å². The molecule has 8 nitrogen and oxygen atoms in total. The fourth-order valence-corrected chi connectivity index (χ4v) is 2.48. The zero-order valence-electron chi connectivity index (χ0n) is 17.4. The number of nitrogens with zero attached hydrogens (tertiary/aromatic N) is 5. The normalized spacial score (nSPS) is 12.3. The SMILES string of the molecule is CCCCCC(C)NC(=NCC(=O)N(C)C)NCCn1cnnc1CC.I. The van der Waals surface area contributed by atoms with E-state index in [1.54, 1.807) is 25.3 Å². The van der Waals surface area contributed by atoms with Gasteiger partial charge in [-0.1, -0.05) is 33.1 Å². The number of hydrogen-bond acceptors (Lipinski definition) is 4. The number of aryl methyl sites for hydroxylation is 1. The number of likely N-dealkylation sites (N-methyl/N-ethyl adjacent to an activating group) is 1. The number of halogens is 1. The minimum absolute atomic E-state index is 0. The second-order valence-electron chi connectivity index (χ2n) is 6.72. The van der Waals surface area contributed by atoms with Crippen molar-refractivity contribution < 1.29 is 4.79 Å². The quantitative estimate of drug-likeness (QED) is 0.213. The highest BCUT2D eigenvalue weighted by molar-refractivity contribution is 14.0. The smallest absolute Gasteiger partial charge is 0.243 e. The molecule has 156 valence electrons. The highest BCUT2D eigenvalue weighted by Gasteiger charge is 2.08. The van der Waals surface area contributed by atoms with Crippen molar-refractivity contribution in [3.63, 3.8) is 0 Å². The van der Waals surface area contributed by atoms with E-state index >= 15 is 0 Å². The number of hydrogen-bond donors (Lipinski definition) is 2. The molecule has 1 unspecified atom stereocenters. The molecule has 27 heavy (non-hydrogen) atoms. The molecule has 1 aromatic rings. The predicted octanol–water partition coefficient (Wildman–Crippen LogP) is 2.05. The first-order chi connectivity index (χ1) is 12.5. The van der Waals surface area contributed by atoms with Crippen LogP contribution in [0.15, 0.2) is 11.3 Å². The van der Waals surface area contributed by atoms with Gasteiger partial charge in [-0.25, -0.2) is 4.99 Å². The van der Waals surface area contributed by atoms with Gasteiger partial charge in [-0.3, -0.25) is 4.79 Å². The van der Waals surface area contributed by atoms with Crippen LogP contribution in [0.1, 0.15) is 52.3 Å². The van der Waals surface area contributed by atoms with Gasteiger partial charge in [0.2, 0.25) is 5.91 Å². The number of amides is 1. The van der Waals surface area contributed by atoms with Crippen LogP contribution < -0.4 is 10.6 Å². The molecule has 0 bridgehead atoms. The van der Waals surface area contributed by atoms with Gasteiger partial charge in [0.05, 0.1) is 0 Å². The highest BCUT2D eigenvalue weighted by Crippen LogP contribution is 2.02. The molecule has 1 aromatic heterocycles. The van der Waals surface area contributed by atoms with E-state index in [0.717, 1.165) is 25.2 Å². The first kappa shape index (κ1) is 25.6. The number of carbonyl (C=O) groups excluding carboxylic acids is 1. The number of carbonyl (C=O) groups is 1. The van der Waals surface area contributed by atoms with Crippen molar-refractivity contribution in [3.05, 3.63) is 12.2 Å². The highest BCUT2D eigenvalue weighted by atomic mass is 127. The number of guanidine groups is 1. The monoisotopic (exact) mass is 493 g/mol. The molecule has 0 fully saturated rings. The van der Waals surface area contributed by atoms with Gasteiger partial charge in [-0.05, 0) is 13.3 Å². The summed E-state index contributed by atoms with van der Waals surface area (Å²) < 4.78 is 2.03. The summed E-state index contributed by atoms with van der Waals surface area (Å²) in [7, 11) is 3.48. The Morgan fingerprint density at radius 1 is 1.33 bits per heavy atom. The molecule has 1 rings (SSSR count). The van der Waals surface area contributed by atoms with E-state index in [2.05, 4.69) is 46.6 Å². The van der Waals surface area contributed by atoms with E-state index in [-0.39, 0.29) is 36.4 Å². The van der Waals surface area contributed by atoms with Gasteiger partial charge in [0.25, 0.3) is 0 Å². The third kappa shape index (κ3) is 10.5. The largest absolute Gasteiger partial charge is 0.355 e. The fourth-order valence-electron chi connectivity index (χ4n) is 2.48. The lowest BCUT2D eigenvalue weighted by atomic mass is 10.1. The summed E-state index contributed by atoms with van der Waals surface area (Å²) >= 11 is 0. The lowest BCUT2D eigenvalue weighted by Crippen LogP contribution is -2.44. The molecule has 0 spiro atoms. The van der Waals surface area contributed by atoms with Crippen LogP contribution in [0.4, 0.5) is 0 Å². The molecule has 0 saturated heterocycles. The maximum absolute atomic E-state index is 11.8. The summed E-state index contributed by atoms with van der Waals surface area (Å²) in [6.07, 6.45) is 7.32. The summed E-state index contributed by atoms with van der Waals surface area (Å²) in [5.74, 6) is 1.63. The Labute approximate surface area is 180 Å². The van der Waals surface area contributed by atoms with Crippen LogP contribution in [-0.2, 0) is 17.8 Å². The van der Waals surface area contributed by atoms with Crippen LogP contribution >= 0.6 is 24.0 Å². The van der Waals surface area contributed by atoms with E-state index in [1.165, 1.54) is 19.3 Å². The second-order valence-corrected chi connectivity index (χ2v) is 6.72. The van der Waals surface area contributed by atoms with Crippen LogP contribution in [0.25, 0.3) is 0 Å². The molecule has 0 radical (unpaired) electrons. The van der Waals surface area contributed by atoms with Crippen molar-refractivity contribution in [2.75, 3.05) is 27.2 Å². The topological polar surface area (TPSA) is 87.4 Å². The average Bonchev–Trinajstić information content (AvgIpc) is 3.06. The van der Waals surface area contributed by atoms with Crippen LogP contribution in [0.5, 0.6) is 0 Å². The van der Waals surface area contributed by atoms with E-state index in [0.29, 0.717) is 18.5 Å². The van der Waals surface area contributed by atoms with Gasteiger partial charge in [0, 0.05) is 39.6 Å². The van der Waals surface area contributed by atoms with Gasteiger partial charge >= 0.3 is 0 Å². The standard InChI is InChI=1S/C18H35N7O.HI/c1-6-8-9-10-15(3)22-18(20-13-17(26)24(4)5)19-11-12-25-14-21-23-16(25)7-2;/h14-15H,6-13H2,1-5H3,(H2,19,20,22);1H. The lowest BCUT2D eigenvalue weighted by Gasteiger charge is -2.19. The number of aliphatic imine (C=N–C) groups is 1.